The van der Waals surface area contributed by atoms with E-state index in [1.165, 1.54) is 38.1 Å². The largest absolute Gasteiger partial charge is 0.308 e. The maximum atomic E-state index is 8.56. The summed E-state index contributed by atoms with van der Waals surface area (Å²) in [5, 5.41) is 4.95. The van der Waals surface area contributed by atoms with Gasteiger partial charge in [0.15, 0.2) is 0 Å². The topological polar surface area (TPSA) is 17.3 Å². The van der Waals surface area contributed by atoms with Crippen molar-refractivity contribution >= 4 is 38.1 Å². The van der Waals surface area contributed by atoms with Crippen LogP contribution in [0.4, 0.5) is 0 Å². The number of benzene rings is 3. The van der Waals surface area contributed by atoms with Crippen LogP contribution in [0.15, 0.2) is 79.0 Å². The van der Waals surface area contributed by atoms with Crippen LogP contribution in [0.5, 0.6) is 0 Å². The molecule has 6 aromatic rings. The highest BCUT2D eigenvalue weighted by molar-refractivity contribution is 6.25. The van der Waals surface area contributed by atoms with Crippen LogP contribution in [0.1, 0.15) is 29.1 Å². The van der Waals surface area contributed by atoms with Crippen LogP contribution < -0.4 is 0 Å². The Hall–Kier alpha value is -3.39. The molecule has 6 rings (SSSR count). The molecule has 0 bridgehead atoms. The first-order valence-corrected chi connectivity index (χ1v) is 10.4. The van der Waals surface area contributed by atoms with E-state index in [9.17, 15) is 0 Å². The second-order valence-electron chi connectivity index (χ2n) is 9.06. The van der Waals surface area contributed by atoms with Gasteiger partial charge in [-0.05, 0) is 35.6 Å². The van der Waals surface area contributed by atoms with E-state index in [-0.39, 0.29) is 0 Å². The van der Waals surface area contributed by atoms with Crippen molar-refractivity contribution in [1.29, 1.82) is 0 Å². The third-order valence-corrected chi connectivity index (χ3v) is 5.81. The smallest absolute Gasteiger partial charge is 0.0709 e. The summed E-state index contributed by atoms with van der Waals surface area (Å²) in [6.45, 7) is 5.76. The molecular weight excluding hydrogens is 364 g/mol. The molecule has 3 aromatic heterocycles. The number of fused-ring (bicyclic) bond motifs is 6. The Morgan fingerprint density at radius 3 is 2.33 bits per heavy atom. The molecule has 0 spiro atoms. The first-order chi connectivity index (χ1) is 15.3. The third-order valence-electron chi connectivity index (χ3n) is 5.81. The van der Waals surface area contributed by atoms with Gasteiger partial charge < -0.3 is 4.40 Å². The molecule has 0 N–H and O–H groups in total. The van der Waals surface area contributed by atoms with Crippen LogP contribution >= 0.6 is 0 Å². The molecule has 0 saturated heterocycles. The van der Waals surface area contributed by atoms with Gasteiger partial charge >= 0.3 is 0 Å². The average molecular weight is 391 g/mol. The van der Waals surface area contributed by atoms with Crippen LogP contribution in [0.2, 0.25) is 0 Å². The summed E-state index contributed by atoms with van der Waals surface area (Å²) in [5.41, 5.74) is 5.67. The Kier molecular flexibility index (Phi) is 3.12. The summed E-state index contributed by atoms with van der Waals surface area (Å²) in [5.74, 6) is 0. The lowest BCUT2D eigenvalue weighted by atomic mass is 9.88. The number of aromatic nitrogens is 2. The van der Waals surface area contributed by atoms with Crippen LogP contribution in [-0.2, 0) is 6.37 Å². The monoisotopic (exact) mass is 390 g/mol. The highest BCUT2D eigenvalue weighted by atomic mass is 14.9. The predicted molar refractivity (Wildman–Crippen MR) is 127 cm³/mol. The van der Waals surface area contributed by atoms with Crippen molar-refractivity contribution < 1.29 is 2.74 Å². The first kappa shape index (κ1) is 15.4. The summed E-state index contributed by atoms with van der Waals surface area (Å²) in [4.78, 5) is 4.73. The average Bonchev–Trinajstić information content (AvgIpc) is 3.31. The van der Waals surface area contributed by atoms with Gasteiger partial charge in [-0.25, -0.2) is 0 Å². The van der Waals surface area contributed by atoms with Gasteiger partial charge in [0.05, 0.1) is 22.2 Å². The molecule has 30 heavy (non-hydrogen) atoms. The van der Waals surface area contributed by atoms with Gasteiger partial charge in [-0.1, -0.05) is 75.4 Å². The number of pyridine rings is 1. The van der Waals surface area contributed by atoms with Gasteiger partial charge in [-0.15, -0.1) is 0 Å². The zero-order valence-electron chi connectivity index (χ0n) is 19.4. The Bertz CT molecular complexity index is 1620. The van der Waals surface area contributed by atoms with Crippen molar-refractivity contribution in [2.24, 2.45) is 5.41 Å². The van der Waals surface area contributed by atoms with Gasteiger partial charge in [0, 0.05) is 36.0 Å². The van der Waals surface area contributed by atoms with Gasteiger partial charge in [-0.2, -0.15) is 0 Å². The van der Waals surface area contributed by atoms with Crippen molar-refractivity contribution in [2.45, 2.75) is 27.1 Å². The second kappa shape index (κ2) is 6.06. The third kappa shape index (κ3) is 2.46. The van der Waals surface area contributed by atoms with Crippen molar-refractivity contribution in [3.63, 3.8) is 0 Å². The molecule has 0 aliphatic carbocycles. The molecule has 0 saturated carbocycles. The van der Waals surface area contributed by atoms with E-state index in [0.717, 1.165) is 11.3 Å². The lowest BCUT2D eigenvalue weighted by molar-refractivity contribution is 0.411. The fraction of sp³-hybridized carbons (Fsp3) is 0.179. The summed E-state index contributed by atoms with van der Waals surface area (Å²) < 4.78 is 19.5. The quantitative estimate of drug-likeness (QED) is 0.299. The number of para-hydroxylation sites is 2. The van der Waals surface area contributed by atoms with Crippen molar-refractivity contribution in [3.8, 4) is 11.3 Å². The van der Waals surface area contributed by atoms with E-state index >= 15 is 0 Å². The predicted octanol–water partition coefficient (Wildman–Crippen LogP) is 7.49. The fourth-order valence-electron chi connectivity index (χ4n) is 4.75. The fourth-order valence-corrected chi connectivity index (χ4v) is 4.75. The van der Waals surface area contributed by atoms with Gasteiger partial charge in [-0.3, -0.25) is 4.98 Å². The Morgan fingerprint density at radius 1 is 0.800 bits per heavy atom. The minimum atomic E-state index is -1.46. The van der Waals surface area contributed by atoms with Crippen LogP contribution in [0.3, 0.4) is 0 Å². The molecule has 0 unspecified atom stereocenters. The minimum Gasteiger partial charge on any atom is -0.308 e. The number of rotatable bonds is 2. The molecule has 146 valence electrons. The first-order valence-electron chi connectivity index (χ1n) is 11.4. The van der Waals surface area contributed by atoms with Gasteiger partial charge in [0.1, 0.15) is 0 Å². The van der Waals surface area contributed by atoms with Gasteiger partial charge in [0.25, 0.3) is 0 Å². The molecule has 0 aliphatic heterocycles. The maximum Gasteiger partial charge on any atom is 0.0709 e. The molecule has 0 radical (unpaired) electrons. The second-order valence-corrected chi connectivity index (χ2v) is 9.06. The van der Waals surface area contributed by atoms with E-state index in [1.807, 2.05) is 32.9 Å². The van der Waals surface area contributed by atoms with E-state index in [2.05, 4.69) is 65.1 Å². The molecule has 0 aliphatic rings. The van der Waals surface area contributed by atoms with Crippen LogP contribution in [0, 0.1) is 5.41 Å². The number of nitrogens with zero attached hydrogens (tertiary/aromatic N) is 2. The SMILES string of the molecule is [2H]C([2H])(c1ccc(-c2cccc3c2c2cccc4c5ccccc5n3c42)nc1)C(C)(C)C. The van der Waals surface area contributed by atoms with Crippen molar-refractivity contribution in [2.75, 3.05) is 0 Å². The Labute approximate surface area is 178 Å². The van der Waals surface area contributed by atoms with Crippen molar-refractivity contribution in [1.82, 2.24) is 9.38 Å². The molecule has 0 fully saturated rings. The number of hydrogen-bond acceptors (Lipinski definition) is 1. The molecule has 3 aromatic carbocycles. The normalized spacial score (nSPS) is 14.1. The summed E-state index contributed by atoms with van der Waals surface area (Å²) >= 11 is 0. The molecule has 0 amide bonds. The van der Waals surface area contributed by atoms with E-state index in [1.54, 1.807) is 6.20 Å². The zero-order valence-corrected chi connectivity index (χ0v) is 17.4. The van der Waals surface area contributed by atoms with E-state index < -0.39 is 11.8 Å². The maximum absolute atomic E-state index is 8.56. The molecular formula is C28H24N2. The number of hydrogen-bond donors (Lipinski definition) is 0. The highest BCUT2D eigenvalue weighted by Crippen LogP contribution is 2.42. The zero-order chi connectivity index (χ0) is 22.3. The van der Waals surface area contributed by atoms with Crippen LogP contribution in [-0.4, -0.2) is 9.38 Å². The summed E-state index contributed by atoms with van der Waals surface area (Å²) in [7, 11) is 0. The van der Waals surface area contributed by atoms with Crippen LogP contribution in [0.25, 0.3) is 49.4 Å². The van der Waals surface area contributed by atoms with E-state index in [4.69, 9.17) is 7.73 Å². The lowest BCUT2D eigenvalue weighted by Gasteiger charge is -2.17. The molecule has 2 nitrogen and oxygen atoms in total. The Balaban J connectivity index is 1.63. The lowest BCUT2D eigenvalue weighted by Crippen LogP contribution is -2.09. The molecule has 2 heteroatoms. The Morgan fingerprint density at radius 2 is 1.53 bits per heavy atom. The summed E-state index contributed by atoms with van der Waals surface area (Å²) in [6, 6.07) is 25.3. The van der Waals surface area contributed by atoms with E-state index in [0.29, 0.717) is 5.56 Å². The standard InChI is InChI=1S/C28H24N2/c1-28(2,3)16-18-14-15-23(29-17-18)21-10-7-13-25-26(21)22-11-6-9-20-19-8-4-5-12-24(19)30(25)27(20)22/h4-15,17H,16H2,1-3H3/i16D2. The minimum absolute atomic E-state index is 0.509. The molecule has 0 atom stereocenters. The highest BCUT2D eigenvalue weighted by Gasteiger charge is 2.19. The van der Waals surface area contributed by atoms with Crippen molar-refractivity contribution in [3.05, 3.63) is 84.6 Å². The summed E-state index contributed by atoms with van der Waals surface area (Å²) in [6.07, 6.45) is 0.241. The molecule has 3 heterocycles. The van der Waals surface area contributed by atoms with Gasteiger partial charge in [0.2, 0.25) is 0 Å².